The topological polar surface area (TPSA) is 69.7 Å². The minimum atomic E-state index is -0.972. The summed E-state index contributed by atoms with van der Waals surface area (Å²) in [6.45, 7) is 11.4. The Kier molecular flexibility index (Phi) is 5.42. The van der Waals surface area contributed by atoms with Crippen LogP contribution in [0.3, 0.4) is 0 Å². The van der Waals surface area contributed by atoms with Gasteiger partial charge in [0, 0.05) is 25.7 Å². The van der Waals surface area contributed by atoms with Crippen LogP contribution in [0.2, 0.25) is 0 Å². The number of allylic oxidation sites excluding steroid dienone is 1. The van der Waals surface area contributed by atoms with Crippen LogP contribution in [0.1, 0.15) is 92.9 Å². The lowest BCUT2D eigenvalue weighted by atomic mass is 9.46. The van der Waals surface area contributed by atoms with Gasteiger partial charge in [-0.05, 0) is 82.0 Å². The van der Waals surface area contributed by atoms with Gasteiger partial charge in [0.1, 0.15) is 6.10 Å². The molecule has 3 saturated carbocycles. The molecule has 0 aromatic carbocycles. The Morgan fingerprint density at radius 1 is 0.871 bits per heavy atom. The maximum Gasteiger partial charge on any atom is 0.303 e. The van der Waals surface area contributed by atoms with Crippen molar-refractivity contribution in [2.45, 2.75) is 105 Å². The van der Waals surface area contributed by atoms with E-state index in [-0.39, 0.29) is 34.7 Å². The Bertz CT molecular complexity index is 843. The molecule has 1 unspecified atom stereocenters. The Balaban J connectivity index is 1.68. The first kappa shape index (κ1) is 22.5. The second kappa shape index (κ2) is 7.45. The van der Waals surface area contributed by atoms with Gasteiger partial charge in [0.15, 0.2) is 11.4 Å². The van der Waals surface area contributed by atoms with Crippen LogP contribution in [0.5, 0.6) is 0 Å². The average Bonchev–Trinajstić information content (AvgIpc) is 2.96. The number of rotatable bonds is 3. The number of carbonyl (C=O) groups is 3. The molecule has 0 N–H and O–H groups in total. The molecule has 4 aliphatic carbocycles. The van der Waals surface area contributed by atoms with Crippen molar-refractivity contribution in [1.82, 2.24) is 0 Å². The van der Waals surface area contributed by atoms with E-state index in [0.29, 0.717) is 24.2 Å². The number of Topliss-reactive ketones (excluding diaryl/α,β-unsaturated/α-hetero) is 1. The Labute approximate surface area is 186 Å². The van der Waals surface area contributed by atoms with Crippen molar-refractivity contribution >= 4 is 17.7 Å². The molecule has 7 atom stereocenters. The predicted molar refractivity (Wildman–Crippen MR) is 117 cm³/mol. The van der Waals surface area contributed by atoms with Crippen molar-refractivity contribution in [3.8, 4) is 0 Å². The number of carbonyl (C=O) groups excluding carboxylic acids is 3. The monoisotopic (exact) mass is 430 g/mol. The van der Waals surface area contributed by atoms with Gasteiger partial charge < -0.3 is 9.47 Å². The van der Waals surface area contributed by atoms with Crippen LogP contribution < -0.4 is 0 Å². The van der Waals surface area contributed by atoms with Crippen molar-refractivity contribution < 1.29 is 23.9 Å². The highest BCUT2D eigenvalue weighted by Gasteiger charge is 2.67. The van der Waals surface area contributed by atoms with Gasteiger partial charge >= 0.3 is 11.9 Å². The molecule has 5 nitrogen and oxygen atoms in total. The maximum absolute atomic E-state index is 12.9. The van der Waals surface area contributed by atoms with Gasteiger partial charge in [0.2, 0.25) is 0 Å². The zero-order chi connectivity index (χ0) is 22.8. The number of hydrogen-bond donors (Lipinski definition) is 0. The predicted octanol–water partition coefficient (Wildman–Crippen LogP) is 5.16. The van der Waals surface area contributed by atoms with E-state index in [4.69, 9.17) is 9.47 Å². The molecule has 0 saturated heterocycles. The Morgan fingerprint density at radius 3 is 2.16 bits per heavy atom. The molecule has 3 fully saturated rings. The molecule has 0 heterocycles. The van der Waals surface area contributed by atoms with E-state index in [1.54, 1.807) is 6.92 Å². The van der Waals surface area contributed by atoms with Gasteiger partial charge in [-0.25, -0.2) is 0 Å². The molecule has 31 heavy (non-hydrogen) atoms. The normalized spacial score (nSPS) is 44.1. The van der Waals surface area contributed by atoms with Gasteiger partial charge in [0.25, 0.3) is 0 Å². The molecule has 0 spiro atoms. The lowest BCUT2D eigenvalue weighted by Gasteiger charge is -2.59. The molecule has 0 radical (unpaired) electrons. The van der Waals surface area contributed by atoms with Crippen molar-refractivity contribution in [1.29, 1.82) is 0 Å². The van der Waals surface area contributed by atoms with Gasteiger partial charge in [-0.2, -0.15) is 0 Å². The largest absolute Gasteiger partial charge is 0.462 e. The van der Waals surface area contributed by atoms with Gasteiger partial charge in [0.05, 0.1) is 0 Å². The average molecular weight is 431 g/mol. The molecule has 0 aliphatic heterocycles. The summed E-state index contributed by atoms with van der Waals surface area (Å²) >= 11 is 0. The van der Waals surface area contributed by atoms with Crippen LogP contribution in [-0.2, 0) is 23.9 Å². The minimum Gasteiger partial charge on any atom is -0.462 e. The highest BCUT2D eigenvalue weighted by molar-refractivity contribution is 5.89. The zero-order valence-corrected chi connectivity index (χ0v) is 20.0. The first-order chi connectivity index (χ1) is 14.4. The van der Waals surface area contributed by atoms with Crippen LogP contribution >= 0.6 is 0 Å². The van der Waals surface area contributed by atoms with Gasteiger partial charge in [-0.15, -0.1) is 0 Å². The molecule has 0 aromatic heterocycles. The van der Waals surface area contributed by atoms with Gasteiger partial charge in [-0.1, -0.05) is 25.0 Å². The molecule has 4 aliphatic rings. The molecule has 0 aromatic rings. The fraction of sp³-hybridized carbons (Fsp3) is 0.808. The second-order valence-electron chi connectivity index (χ2n) is 11.2. The third-order valence-electron chi connectivity index (χ3n) is 9.76. The summed E-state index contributed by atoms with van der Waals surface area (Å²) in [7, 11) is 0. The number of fused-ring (bicyclic) bond motifs is 5. The molecular formula is C26H38O5. The lowest BCUT2D eigenvalue weighted by Crippen LogP contribution is -2.58. The molecule has 5 heteroatoms. The number of ether oxygens (including phenoxy) is 2. The van der Waals surface area contributed by atoms with Crippen LogP contribution in [-0.4, -0.2) is 29.4 Å². The summed E-state index contributed by atoms with van der Waals surface area (Å²) in [4.78, 5) is 36.4. The molecule has 4 rings (SSSR count). The fourth-order valence-corrected chi connectivity index (χ4v) is 8.48. The summed E-state index contributed by atoms with van der Waals surface area (Å²) in [6.07, 6.45) is 7.43. The summed E-state index contributed by atoms with van der Waals surface area (Å²) in [6, 6.07) is 0. The highest BCUT2D eigenvalue weighted by atomic mass is 16.6. The van der Waals surface area contributed by atoms with E-state index in [2.05, 4.69) is 20.8 Å². The van der Waals surface area contributed by atoms with E-state index in [9.17, 15) is 14.4 Å². The van der Waals surface area contributed by atoms with Crippen molar-refractivity contribution in [3.05, 3.63) is 11.1 Å². The number of ketones is 1. The first-order valence-corrected chi connectivity index (χ1v) is 12.0. The SMILES string of the molecule is CC(=O)OC1CC[C@@]2(C)C(=C(C)C[C@@H]3[C@@H]2CC[C@@]2(C)[C@H]3CC[C@@]2(OC(C)=O)C(C)=O)C1. The quantitative estimate of drug-likeness (QED) is 0.457. The van der Waals surface area contributed by atoms with Crippen LogP contribution in [0.4, 0.5) is 0 Å². The fourth-order valence-electron chi connectivity index (χ4n) is 8.48. The smallest absolute Gasteiger partial charge is 0.303 e. The van der Waals surface area contributed by atoms with Crippen molar-refractivity contribution in [2.24, 2.45) is 28.6 Å². The van der Waals surface area contributed by atoms with E-state index in [1.165, 1.54) is 25.0 Å². The summed E-state index contributed by atoms with van der Waals surface area (Å²) < 4.78 is 11.5. The van der Waals surface area contributed by atoms with Gasteiger partial charge in [-0.3, -0.25) is 14.4 Å². The highest BCUT2D eigenvalue weighted by Crippen LogP contribution is 2.68. The summed E-state index contributed by atoms with van der Waals surface area (Å²) in [5.74, 6) is 0.928. The van der Waals surface area contributed by atoms with E-state index < -0.39 is 5.60 Å². The van der Waals surface area contributed by atoms with Crippen molar-refractivity contribution in [3.63, 3.8) is 0 Å². The van der Waals surface area contributed by atoms with E-state index in [1.807, 2.05) is 0 Å². The molecular weight excluding hydrogens is 392 g/mol. The number of esters is 2. The van der Waals surface area contributed by atoms with Crippen LogP contribution in [0.15, 0.2) is 11.1 Å². The van der Waals surface area contributed by atoms with Crippen LogP contribution in [0, 0.1) is 28.6 Å². The molecule has 0 bridgehead atoms. The first-order valence-electron chi connectivity index (χ1n) is 12.0. The molecule has 172 valence electrons. The Hall–Kier alpha value is -1.65. The Morgan fingerprint density at radius 2 is 1.55 bits per heavy atom. The minimum absolute atomic E-state index is 0.00161. The standard InChI is InChI=1S/C26H38O5/c1-15-13-20-21(24(5)10-7-19(14-23(15)24)30-17(3)28)8-11-25(6)22(20)9-12-26(25,16(2)27)31-18(4)29/h19-22H,7-14H2,1-6H3/t19?,20-,21+,22+,24-,25+,26-/m1/s1. The zero-order valence-electron chi connectivity index (χ0n) is 20.0. The number of hydrogen-bond acceptors (Lipinski definition) is 5. The summed E-state index contributed by atoms with van der Waals surface area (Å²) in [5.41, 5.74) is 1.81. The second-order valence-corrected chi connectivity index (χ2v) is 11.2. The van der Waals surface area contributed by atoms with E-state index >= 15 is 0 Å². The van der Waals surface area contributed by atoms with Crippen molar-refractivity contribution in [2.75, 3.05) is 0 Å². The third kappa shape index (κ3) is 3.21. The summed E-state index contributed by atoms with van der Waals surface area (Å²) in [5, 5.41) is 0. The molecule has 0 amide bonds. The van der Waals surface area contributed by atoms with E-state index in [0.717, 1.165) is 44.9 Å². The third-order valence-corrected chi connectivity index (χ3v) is 9.76. The lowest BCUT2D eigenvalue weighted by molar-refractivity contribution is -0.187. The maximum atomic E-state index is 12.9. The van der Waals surface area contributed by atoms with Crippen LogP contribution in [0.25, 0.3) is 0 Å².